The summed E-state index contributed by atoms with van der Waals surface area (Å²) in [5.74, 6) is 1.46. The average molecular weight is 443 g/mol. The highest BCUT2D eigenvalue weighted by Gasteiger charge is 2.53. The van der Waals surface area contributed by atoms with Crippen molar-refractivity contribution < 1.29 is 4.79 Å². The zero-order chi connectivity index (χ0) is 22.6. The van der Waals surface area contributed by atoms with E-state index in [0.717, 1.165) is 86.3 Å². The van der Waals surface area contributed by atoms with Crippen molar-refractivity contribution in [3.8, 4) is 0 Å². The predicted octanol–water partition coefficient (Wildman–Crippen LogP) is 2.86. The van der Waals surface area contributed by atoms with Gasteiger partial charge in [-0.1, -0.05) is 30.3 Å². The van der Waals surface area contributed by atoms with E-state index in [4.69, 9.17) is 16.1 Å². The third-order valence-corrected chi connectivity index (χ3v) is 7.63. The highest BCUT2D eigenvalue weighted by Crippen LogP contribution is 2.50. The lowest BCUT2D eigenvalue weighted by atomic mass is 9.94. The van der Waals surface area contributed by atoms with Crippen molar-refractivity contribution in [3.05, 3.63) is 65.0 Å². The lowest BCUT2D eigenvalue weighted by Gasteiger charge is -2.25. The van der Waals surface area contributed by atoms with E-state index in [2.05, 4.69) is 33.0 Å². The summed E-state index contributed by atoms with van der Waals surface area (Å²) in [7, 11) is 0. The van der Waals surface area contributed by atoms with Crippen molar-refractivity contribution in [1.29, 1.82) is 5.41 Å². The molecular formula is C26H30N6O. The summed E-state index contributed by atoms with van der Waals surface area (Å²) in [4.78, 5) is 20.4. The molecule has 7 heteroatoms. The van der Waals surface area contributed by atoms with Crippen LogP contribution < -0.4 is 11.1 Å². The number of likely N-dealkylation sites (tertiary alicyclic amines) is 1. The van der Waals surface area contributed by atoms with Gasteiger partial charge in [-0.2, -0.15) is 0 Å². The van der Waals surface area contributed by atoms with Gasteiger partial charge in [-0.15, -0.1) is 0 Å². The van der Waals surface area contributed by atoms with Crippen LogP contribution in [0.5, 0.6) is 0 Å². The van der Waals surface area contributed by atoms with Crippen LogP contribution in [-0.2, 0) is 23.2 Å². The number of nitrogen functional groups attached to an aromatic ring is 1. The molecule has 3 aliphatic rings. The number of aromatic nitrogens is 2. The third kappa shape index (κ3) is 3.42. The molecule has 1 unspecified atom stereocenters. The number of nitrogens with zero attached hydrogens (tertiary/aromatic N) is 3. The Morgan fingerprint density at radius 1 is 1.12 bits per heavy atom. The minimum Gasteiger partial charge on any atom is -0.384 e. The van der Waals surface area contributed by atoms with Gasteiger partial charge in [0.05, 0.1) is 22.5 Å². The monoisotopic (exact) mass is 442 g/mol. The minimum absolute atomic E-state index is 0.0894. The SMILES string of the molecule is N=C(N)c1ccc(CC2NCCn3c2nc2cc(C4(C(=O)N5CCCC5)CC4)ccc23)cc1. The van der Waals surface area contributed by atoms with Crippen LogP contribution in [0, 0.1) is 5.41 Å². The summed E-state index contributed by atoms with van der Waals surface area (Å²) in [5, 5.41) is 11.2. The van der Waals surface area contributed by atoms with Gasteiger partial charge in [-0.05, 0) is 55.4 Å². The molecule has 1 atom stereocenters. The minimum atomic E-state index is -0.321. The van der Waals surface area contributed by atoms with Gasteiger partial charge in [0, 0.05) is 31.7 Å². The molecule has 6 rings (SSSR count). The molecule has 1 aromatic heterocycles. The Morgan fingerprint density at radius 3 is 2.58 bits per heavy atom. The number of rotatable bonds is 5. The number of carbonyl (C=O) groups excluding carboxylic acids is 1. The Bertz CT molecular complexity index is 1230. The Kier molecular flexibility index (Phi) is 4.76. The van der Waals surface area contributed by atoms with E-state index in [-0.39, 0.29) is 17.3 Å². The van der Waals surface area contributed by atoms with Gasteiger partial charge in [0.15, 0.2) is 0 Å². The number of imidazole rings is 1. The van der Waals surface area contributed by atoms with Crippen molar-refractivity contribution in [2.45, 2.75) is 50.1 Å². The van der Waals surface area contributed by atoms with Gasteiger partial charge in [-0.25, -0.2) is 4.98 Å². The van der Waals surface area contributed by atoms with Gasteiger partial charge in [-0.3, -0.25) is 10.2 Å². The fourth-order valence-electron chi connectivity index (χ4n) is 5.58. The summed E-state index contributed by atoms with van der Waals surface area (Å²) in [5.41, 5.74) is 10.5. The van der Waals surface area contributed by atoms with Gasteiger partial charge < -0.3 is 20.5 Å². The smallest absolute Gasteiger partial charge is 0.233 e. The van der Waals surface area contributed by atoms with Crippen LogP contribution in [0.15, 0.2) is 42.5 Å². The topological polar surface area (TPSA) is 100 Å². The number of nitrogens with two attached hydrogens (primary N) is 1. The van der Waals surface area contributed by atoms with Crippen molar-refractivity contribution in [1.82, 2.24) is 19.8 Å². The van der Waals surface area contributed by atoms with Crippen molar-refractivity contribution in [2.24, 2.45) is 5.73 Å². The quantitative estimate of drug-likeness (QED) is 0.418. The predicted molar refractivity (Wildman–Crippen MR) is 128 cm³/mol. The Balaban J connectivity index is 1.30. The maximum atomic E-state index is 13.3. The molecule has 1 amide bonds. The van der Waals surface area contributed by atoms with Crippen LogP contribution in [-0.4, -0.2) is 45.8 Å². The number of amidine groups is 1. The number of carbonyl (C=O) groups is 1. The van der Waals surface area contributed by atoms with Crippen LogP contribution in [0.25, 0.3) is 11.0 Å². The first kappa shape index (κ1) is 20.4. The van der Waals surface area contributed by atoms with E-state index in [0.29, 0.717) is 5.91 Å². The van der Waals surface area contributed by atoms with Gasteiger partial charge in [0.25, 0.3) is 0 Å². The zero-order valence-corrected chi connectivity index (χ0v) is 18.8. The lowest BCUT2D eigenvalue weighted by Crippen LogP contribution is -2.37. The number of fused-ring (bicyclic) bond motifs is 3. The number of benzene rings is 2. The maximum absolute atomic E-state index is 13.3. The summed E-state index contributed by atoms with van der Waals surface area (Å²) < 4.78 is 2.33. The fourth-order valence-corrected chi connectivity index (χ4v) is 5.58. The number of amides is 1. The molecule has 4 N–H and O–H groups in total. The molecule has 0 bridgehead atoms. The second-order valence-corrected chi connectivity index (χ2v) is 9.73. The molecule has 1 saturated carbocycles. The van der Waals surface area contributed by atoms with Crippen LogP contribution in [0.3, 0.4) is 0 Å². The average Bonchev–Trinajstić information content (AvgIpc) is 3.28. The number of nitrogens with one attached hydrogen (secondary N) is 2. The Hall–Kier alpha value is -3.19. The lowest BCUT2D eigenvalue weighted by molar-refractivity contribution is -0.132. The van der Waals surface area contributed by atoms with Gasteiger partial charge in [0.2, 0.25) is 5.91 Å². The van der Waals surface area contributed by atoms with Gasteiger partial charge >= 0.3 is 0 Å². The molecule has 0 radical (unpaired) electrons. The molecule has 2 fully saturated rings. The summed E-state index contributed by atoms with van der Waals surface area (Å²) in [6.07, 6.45) is 4.97. The fraction of sp³-hybridized carbons (Fsp3) is 0.423. The van der Waals surface area contributed by atoms with Crippen LogP contribution in [0.1, 0.15) is 54.2 Å². The zero-order valence-electron chi connectivity index (χ0n) is 18.8. The second kappa shape index (κ2) is 7.70. The van der Waals surface area contributed by atoms with E-state index in [1.165, 1.54) is 5.56 Å². The molecule has 1 aliphatic carbocycles. The number of hydrogen-bond acceptors (Lipinski definition) is 4. The molecule has 170 valence electrons. The van der Waals surface area contributed by atoms with E-state index >= 15 is 0 Å². The normalized spacial score (nSPS) is 21.2. The van der Waals surface area contributed by atoms with E-state index in [1.54, 1.807) is 0 Å². The molecule has 33 heavy (non-hydrogen) atoms. The Labute approximate surface area is 193 Å². The first-order valence-corrected chi connectivity index (χ1v) is 12.0. The summed E-state index contributed by atoms with van der Waals surface area (Å²) in [6.45, 7) is 3.60. The Morgan fingerprint density at radius 2 is 1.88 bits per heavy atom. The largest absolute Gasteiger partial charge is 0.384 e. The molecule has 3 heterocycles. The van der Waals surface area contributed by atoms with Gasteiger partial charge in [0.1, 0.15) is 11.7 Å². The third-order valence-electron chi connectivity index (χ3n) is 7.63. The van der Waals surface area contributed by atoms with Crippen LogP contribution >= 0.6 is 0 Å². The highest BCUT2D eigenvalue weighted by molar-refractivity contribution is 5.95. The molecule has 0 spiro atoms. The highest BCUT2D eigenvalue weighted by atomic mass is 16.2. The molecular weight excluding hydrogens is 412 g/mol. The molecule has 2 aliphatic heterocycles. The van der Waals surface area contributed by atoms with Crippen LogP contribution in [0.2, 0.25) is 0 Å². The summed E-state index contributed by atoms with van der Waals surface area (Å²) >= 11 is 0. The molecule has 2 aromatic carbocycles. The van der Waals surface area contributed by atoms with Crippen molar-refractivity contribution >= 4 is 22.8 Å². The maximum Gasteiger partial charge on any atom is 0.233 e. The van der Waals surface area contributed by atoms with Crippen molar-refractivity contribution in [2.75, 3.05) is 19.6 Å². The molecule has 3 aromatic rings. The molecule has 7 nitrogen and oxygen atoms in total. The van der Waals surface area contributed by atoms with Crippen LogP contribution in [0.4, 0.5) is 0 Å². The second-order valence-electron chi connectivity index (χ2n) is 9.73. The standard InChI is InChI=1S/C26H30N6O/c27-23(28)18-5-3-17(4-6-18)15-21-24-30-20-16-19(7-8-22(20)32(24)14-11-29-21)26(9-10-26)25(33)31-12-1-2-13-31/h3-8,16,21,29H,1-2,9-15H2,(H3,27,28). The molecule has 1 saturated heterocycles. The first-order valence-electron chi connectivity index (χ1n) is 12.0. The summed E-state index contributed by atoms with van der Waals surface area (Å²) in [6, 6.07) is 14.5. The first-order chi connectivity index (χ1) is 16.0. The van der Waals surface area contributed by atoms with E-state index in [1.807, 2.05) is 24.3 Å². The van der Waals surface area contributed by atoms with Crippen molar-refractivity contribution in [3.63, 3.8) is 0 Å². The number of hydrogen-bond donors (Lipinski definition) is 3. The van der Waals surface area contributed by atoms with E-state index in [9.17, 15) is 4.79 Å². The van der Waals surface area contributed by atoms with E-state index < -0.39 is 0 Å².